The molecule has 1 aliphatic heterocycles. The molecule has 37 heavy (non-hydrogen) atoms. The molecule has 0 bridgehead atoms. The molecule has 10 nitrogen and oxygen atoms in total. The van der Waals surface area contributed by atoms with Gasteiger partial charge in [0.15, 0.2) is 5.69 Å². The second-order valence-electron chi connectivity index (χ2n) is 11.2. The van der Waals surface area contributed by atoms with Crippen molar-refractivity contribution in [3.05, 3.63) is 41.7 Å². The Balaban J connectivity index is 1.93. The van der Waals surface area contributed by atoms with E-state index in [9.17, 15) is 14.7 Å². The van der Waals surface area contributed by atoms with Gasteiger partial charge in [-0.2, -0.15) is 0 Å². The van der Waals surface area contributed by atoms with Crippen molar-refractivity contribution in [1.82, 2.24) is 24.8 Å². The van der Waals surface area contributed by atoms with Gasteiger partial charge in [0.2, 0.25) is 0 Å². The number of benzene rings is 1. The van der Waals surface area contributed by atoms with Gasteiger partial charge in [0, 0.05) is 32.3 Å². The Morgan fingerprint density at radius 2 is 1.89 bits per heavy atom. The Labute approximate surface area is 219 Å². The molecule has 3 N–H and O–H groups in total. The molecule has 0 spiro atoms. The minimum absolute atomic E-state index is 0.0795. The summed E-state index contributed by atoms with van der Waals surface area (Å²) < 4.78 is 7.29. The Kier molecular flexibility index (Phi) is 9.67. The Morgan fingerprint density at radius 3 is 2.51 bits per heavy atom. The molecule has 1 saturated heterocycles. The number of rotatable bonds is 9. The van der Waals surface area contributed by atoms with Crippen LogP contribution in [0.15, 0.2) is 30.3 Å². The summed E-state index contributed by atoms with van der Waals surface area (Å²) in [7, 11) is 0. The lowest BCUT2D eigenvalue weighted by Crippen LogP contribution is -2.58. The van der Waals surface area contributed by atoms with Crippen LogP contribution in [0.4, 0.5) is 4.79 Å². The number of hydrogen-bond donors (Lipinski definition) is 2. The number of nitrogens with zero attached hydrogens (tertiary/aromatic N) is 5. The number of ether oxygens (including phenoxy) is 1. The molecule has 1 aromatic carbocycles. The molecule has 0 saturated carbocycles. The summed E-state index contributed by atoms with van der Waals surface area (Å²) in [5.41, 5.74) is 7.57. The second-order valence-corrected chi connectivity index (χ2v) is 11.2. The lowest BCUT2D eigenvalue weighted by atomic mass is 9.98. The van der Waals surface area contributed by atoms with E-state index in [1.165, 1.54) is 0 Å². The Morgan fingerprint density at radius 1 is 1.19 bits per heavy atom. The van der Waals surface area contributed by atoms with Crippen LogP contribution in [0.5, 0.6) is 0 Å². The van der Waals surface area contributed by atoms with Gasteiger partial charge in [0.25, 0.3) is 5.91 Å². The first kappa shape index (κ1) is 28.6. The smallest absolute Gasteiger partial charge is 0.410 e. The van der Waals surface area contributed by atoms with Crippen LogP contribution < -0.4 is 5.73 Å². The number of aromatic nitrogens is 3. The molecule has 2 atom stereocenters. The largest absolute Gasteiger partial charge is 0.444 e. The summed E-state index contributed by atoms with van der Waals surface area (Å²) in [5, 5.41) is 18.0. The SMILES string of the molecule is CC(C)CN(C(=O)c1nnn(-c2ccccc2)c1CCCCO)[C@H]1C[C@@H](N)CN(C(=O)OC(C)(C)C)C1. The fourth-order valence-electron chi connectivity index (χ4n) is 4.61. The maximum Gasteiger partial charge on any atom is 0.410 e. The van der Waals surface area contributed by atoms with E-state index in [4.69, 9.17) is 10.5 Å². The van der Waals surface area contributed by atoms with Crippen LogP contribution in [0, 0.1) is 5.92 Å². The molecule has 3 rings (SSSR count). The van der Waals surface area contributed by atoms with Gasteiger partial charge in [-0.15, -0.1) is 5.10 Å². The average Bonchev–Trinajstić information content (AvgIpc) is 3.25. The van der Waals surface area contributed by atoms with E-state index in [-0.39, 0.29) is 30.5 Å². The number of likely N-dealkylation sites (tertiary alicyclic amines) is 1. The average molecular weight is 515 g/mol. The standard InChI is InChI=1S/C27H42N6O4/c1-19(2)16-32(22-15-20(28)17-31(18-22)26(36)37-27(3,4)5)25(35)24-23(13-9-10-14-34)33(30-29-24)21-11-7-6-8-12-21/h6-8,11-12,19-20,22,34H,9-10,13-18,28H2,1-5H3/t20-,22+/m1/s1. The molecule has 0 radical (unpaired) electrons. The number of carbonyl (C=O) groups excluding carboxylic acids is 2. The molecule has 204 valence electrons. The third-order valence-corrected chi connectivity index (χ3v) is 6.16. The molecule has 2 aromatic rings. The highest BCUT2D eigenvalue weighted by Gasteiger charge is 2.37. The Bertz CT molecular complexity index is 1030. The van der Waals surface area contributed by atoms with Gasteiger partial charge in [0.05, 0.1) is 17.4 Å². The summed E-state index contributed by atoms with van der Waals surface area (Å²) >= 11 is 0. The van der Waals surface area contributed by atoms with E-state index < -0.39 is 11.7 Å². The number of unbranched alkanes of at least 4 members (excludes halogenated alkanes) is 1. The van der Waals surface area contributed by atoms with Crippen LogP contribution >= 0.6 is 0 Å². The number of amides is 2. The maximum atomic E-state index is 14.1. The van der Waals surface area contributed by atoms with Crippen molar-refractivity contribution in [3.8, 4) is 5.69 Å². The molecule has 10 heteroatoms. The number of aliphatic hydroxyl groups is 1. The summed E-state index contributed by atoms with van der Waals surface area (Å²) in [5.74, 6) is -0.0304. The van der Waals surface area contributed by atoms with Crippen molar-refractivity contribution in [2.24, 2.45) is 11.7 Å². The molecule has 1 aromatic heterocycles. The quantitative estimate of drug-likeness (QED) is 0.493. The number of aliphatic hydroxyl groups excluding tert-OH is 1. The summed E-state index contributed by atoms with van der Waals surface area (Å²) in [4.78, 5) is 30.3. The lowest BCUT2D eigenvalue weighted by molar-refractivity contribution is 0.00676. The summed E-state index contributed by atoms with van der Waals surface area (Å²) in [6, 6.07) is 9.03. The minimum Gasteiger partial charge on any atom is -0.444 e. The van der Waals surface area contributed by atoms with Gasteiger partial charge in [-0.25, -0.2) is 9.48 Å². The van der Waals surface area contributed by atoms with Crippen molar-refractivity contribution in [3.63, 3.8) is 0 Å². The number of piperidine rings is 1. The van der Waals surface area contributed by atoms with Crippen molar-refractivity contribution in [1.29, 1.82) is 0 Å². The van der Waals surface area contributed by atoms with E-state index in [0.717, 1.165) is 5.69 Å². The zero-order valence-corrected chi connectivity index (χ0v) is 22.8. The first-order chi connectivity index (χ1) is 17.5. The van der Waals surface area contributed by atoms with Gasteiger partial charge in [-0.1, -0.05) is 37.3 Å². The van der Waals surface area contributed by atoms with E-state index in [1.54, 1.807) is 14.5 Å². The highest BCUT2D eigenvalue weighted by molar-refractivity contribution is 5.93. The third kappa shape index (κ3) is 7.75. The lowest BCUT2D eigenvalue weighted by Gasteiger charge is -2.42. The van der Waals surface area contributed by atoms with E-state index in [0.29, 0.717) is 56.7 Å². The molecule has 1 fully saturated rings. The van der Waals surface area contributed by atoms with Crippen LogP contribution in [0.25, 0.3) is 5.69 Å². The monoisotopic (exact) mass is 514 g/mol. The highest BCUT2D eigenvalue weighted by Crippen LogP contribution is 2.24. The van der Waals surface area contributed by atoms with Gasteiger partial charge >= 0.3 is 6.09 Å². The molecule has 2 amide bonds. The van der Waals surface area contributed by atoms with Crippen LogP contribution in [0.1, 0.15) is 70.1 Å². The fraction of sp³-hybridized carbons (Fsp3) is 0.630. The maximum absolute atomic E-state index is 14.1. The first-order valence-corrected chi connectivity index (χ1v) is 13.2. The zero-order chi connectivity index (χ0) is 27.2. The minimum atomic E-state index is -0.624. The zero-order valence-electron chi connectivity index (χ0n) is 22.8. The predicted octanol–water partition coefficient (Wildman–Crippen LogP) is 3.02. The van der Waals surface area contributed by atoms with Crippen LogP contribution in [-0.2, 0) is 11.2 Å². The van der Waals surface area contributed by atoms with Crippen molar-refractivity contribution >= 4 is 12.0 Å². The van der Waals surface area contributed by atoms with Crippen LogP contribution in [0.3, 0.4) is 0 Å². The van der Waals surface area contributed by atoms with E-state index in [1.807, 2.05) is 51.1 Å². The summed E-state index contributed by atoms with van der Waals surface area (Å²) in [6.07, 6.45) is 2.01. The van der Waals surface area contributed by atoms with E-state index in [2.05, 4.69) is 24.2 Å². The summed E-state index contributed by atoms with van der Waals surface area (Å²) in [6.45, 7) is 10.9. The van der Waals surface area contributed by atoms with Crippen LogP contribution in [-0.4, -0.2) is 85.8 Å². The number of hydrogen-bond acceptors (Lipinski definition) is 7. The van der Waals surface area contributed by atoms with Gasteiger partial charge < -0.3 is 25.4 Å². The normalized spacial score (nSPS) is 18.2. The molecular weight excluding hydrogens is 472 g/mol. The molecule has 0 unspecified atom stereocenters. The Hall–Kier alpha value is -2.98. The van der Waals surface area contributed by atoms with Gasteiger partial charge in [-0.05, 0) is 64.5 Å². The molecule has 2 heterocycles. The topological polar surface area (TPSA) is 127 Å². The molecule has 0 aliphatic carbocycles. The van der Waals surface area contributed by atoms with E-state index >= 15 is 0 Å². The van der Waals surface area contributed by atoms with Gasteiger partial charge in [0.1, 0.15) is 5.60 Å². The first-order valence-electron chi connectivity index (χ1n) is 13.2. The molecular formula is C27H42N6O4. The number of carbonyl (C=O) groups is 2. The van der Waals surface area contributed by atoms with Crippen molar-refractivity contribution in [2.45, 2.75) is 78.0 Å². The highest BCUT2D eigenvalue weighted by atomic mass is 16.6. The second kappa shape index (κ2) is 12.5. The van der Waals surface area contributed by atoms with Crippen molar-refractivity contribution in [2.75, 3.05) is 26.2 Å². The van der Waals surface area contributed by atoms with Gasteiger partial charge in [-0.3, -0.25) is 4.79 Å². The predicted molar refractivity (Wildman–Crippen MR) is 141 cm³/mol. The number of nitrogens with two attached hydrogens (primary N) is 1. The fourth-order valence-corrected chi connectivity index (χ4v) is 4.61. The van der Waals surface area contributed by atoms with Crippen molar-refractivity contribution < 1.29 is 19.4 Å². The number of para-hydroxylation sites is 1. The molecule has 1 aliphatic rings. The third-order valence-electron chi connectivity index (χ3n) is 6.16. The van der Waals surface area contributed by atoms with Crippen LogP contribution in [0.2, 0.25) is 0 Å².